The Kier molecular flexibility index (Phi) is 5.45. The first-order chi connectivity index (χ1) is 14.0. The van der Waals surface area contributed by atoms with Crippen molar-refractivity contribution in [3.63, 3.8) is 0 Å². The number of hydrogen-bond donors (Lipinski definition) is 1. The standard InChI is InChI=1S/C22H23N3O3S/c1-12-7-16(21-17(8-12)24-15(10-23-21)11-27-4)22-25-20-14(3)13(2)18(28-6-5-26)9-19(20)29-22/h7-10,26H,5-6,11H2,1-4H3. The van der Waals surface area contributed by atoms with E-state index in [9.17, 15) is 0 Å². The molecule has 29 heavy (non-hydrogen) atoms. The minimum atomic E-state index is -0.0104. The summed E-state index contributed by atoms with van der Waals surface area (Å²) in [6, 6.07) is 6.15. The lowest BCUT2D eigenvalue weighted by atomic mass is 10.1. The van der Waals surface area contributed by atoms with Gasteiger partial charge in [0.05, 0.1) is 46.4 Å². The van der Waals surface area contributed by atoms with E-state index in [1.807, 2.05) is 19.1 Å². The number of aliphatic hydroxyl groups excluding tert-OH is 1. The molecule has 2 heterocycles. The zero-order valence-corrected chi connectivity index (χ0v) is 17.8. The molecule has 0 fully saturated rings. The summed E-state index contributed by atoms with van der Waals surface area (Å²) in [4.78, 5) is 14.3. The first-order valence-electron chi connectivity index (χ1n) is 9.41. The molecule has 2 aromatic carbocycles. The van der Waals surface area contributed by atoms with Gasteiger partial charge in [0.1, 0.15) is 17.4 Å². The smallest absolute Gasteiger partial charge is 0.126 e. The van der Waals surface area contributed by atoms with E-state index in [1.165, 1.54) is 0 Å². The van der Waals surface area contributed by atoms with Crippen LogP contribution in [0.1, 0.15) is 22.4 Å². The summed E-state index contributed by atoms with van der Waals surface area (Å²) < 4.78 is 11.9. The van der Waals surface area contributed by atoms with Gasteiger partial charge in [-0.3, -0.25) is 4.98 Å². The lowest BCUT2D eigenvalue weighted by Crippen LogP contribution is -2.03. The van der Waals surface area contributed by atoms with Crippen molar-refractivity contribution in [2.45, 2.75) is 27.4 Å². The first-order valence-corrected chi connectivity index (χ1v) is 10.2. The first kappa shape index (κ1) is 19.7. The van der Waals surface area contributed by atoms with Crippen molar-refractivity contribution in [2.75, 3.05) is 20.3 Å². The van der Waals surface area contributed by atoms with E-state index in [4.69, 9.17) is 24.5 Å². The summed E-state index contributed by atoms with van der Waals surface area (Å²) in [5, 5.41) is 9.98. The zero-order valence-electron chi connectivity index (χ0n) is 16.9. The van der Waals surface area contributed by atoms with Gasteiger partial charge in [0.25, 0.3) is 0 Å². The normalized spacial score (nSPS) is 11.5. The van der Waals surface area contributed by atoms with Crippen LogP contribution in [0, 0.1) is 20.8 Å². The Morgan fingerprint density at radius 1 is 1.03 bits per heavy atom. The fourth-order valence-corrected chi connectivity index (χ4v) is 4.46. The van der Waals surface area contributed by atoms with Crippen molar-refractivity contribution in [3.05, 3.63) is 46.8 Å². The molecular weight excluding hydrogens is 386 g/mol. The van der Waals surface area contributed by atoms with Crippen molar-refractivity contribution in [1.82, 2.24) is 15.0 Å². The van der Waals surface area contributed by atoms with E-state index in [0.29, 0.717) is 6.61 Å². The molecule has 4 rings (SSSR count). The molecule has 0 aliphatic heterocycles. The summed E-state index contributed by atoms with van der Waals surface area (Å²) in [5.41, 5.74) is 7.66. The number of methoxy groups -OCH3 is 1. The Balaban J connectivity index is 1.88. The lowest BCUT2D eigenvalue weighted by molar-refractivity contribution is 0.181. The number of fused-ring (bicyclic) bond motifs is 2. The van der Waals surface area contributed by atoms with Gasteiger partial charge in [0, 0.05) is 12.7 Å². The van der Waals surface area contributed by atoms with Crippen LogP contribution >= 0.6 is 11.3 Å². The third-order valence-corrected chi connectivity index (χ3v) is 5.95. The van der Waals surface area contributed by atoms with Crippen LogP contribution in [-0.2, 0) is 11.3 Å². The van der Waals surface area contributed by atoms with Gasteiger partial charge < -0.3 is 14.6 Å². The number of aliphatic hydroxyl groups is 1. The van der Waals surface area contributed by atoms with E-state index in [-0.39, 0.29) is 13.2 Å². The predicted molar refractivity (Wildman–Crippen MR) is 116 cm³/mol. The molecule has 0 unspecified atom stereocenters. The number of thiazole rings is 1. The maximum atomic E-state index is 9.08. The van der Waals surface area contributed by atoms with Gasteiger partial charge in [-0.1, -0.05) is 0 Å². The fraction of sp³-hybridized carbons (Fsp3) is 0.318. The molecule has 2 aromatic heterocycles. The molecule has 0 spiro atoms. The molecule has 0 aliphatic carbocycles. The molecule has 1 N–H and O–H groups in total. The fourth-order valence-electron chi connectivity index (χ4n) is 3.39. The molecule has 0 radical (unpaired) electrons. The van der Waals surface area contributed by atoms with Gasteiger partial charge in [0.15, 0.2) is 0 Å². The van der Waals surface area contributed by atoms with E-state index < -0.39 is 0 Å². The Hall–Kier alpha value is -2.61. The van der Waals surface area contributed by atoms with E-state index >= 15 is 0 Å². The molecule has 0 saturated carbocycles. The number of ether oxygens (including phenoxy) is 2. The molecule has 0 bridgehead atoms. The monoisotopic (exact) mass is 409 g/mol. The molecule has 0 aliphatic rings. The Morgan fingerprint density at radius 2 is 1.86 bits per heavy atom. The van der Waals surface area contributed by atoms with Gasteiger partial charge in [0.2, 0.25) is 0 Å². The van der Waals surface area contributed by atoms with Crippen LogP contribution in [0.4, 0.5) is 0 Å². The maximum Gasteiger partial charge on any atom is 0.126 e. The second kappa shape index (κ2) is 8.02. The van der Waals surface area contributed by atoms with Crippen LogP contribution in [0.5, 0.6) is 5.75 Å². The summed E-state index contributed by atoms with van der Waals surface area (Å²) in [6.07, 6.45) is 1.76. The SMILES string of the molecule is COCc1cnc2c(-c3nc4c(C)c(C)c(OCCO)cc4s3)cc(C)cc2n1. The minimum Gasteiger partial charge on any atom is -0.491 e. The quantitative estimate of drug-likeness (QED) is 0.510. The second-order valence-corrected chi connectivity index (χ2v) is 8.07. The number of rotatable bonds is 6. The third kappa shape index (κ3) is 3.69. The Bertz CT molecular complexity index is 1200. The Labute approximate surface area is 173 Å². The topological polar surface area (TPSA) is 77.4 Å². The number of hydrogen-bond acceptors (Lipinski definition) is 7. The van der Waals surface area contributed by atoms with Gasteiger partial charge in [-0.05, 0) is 55.7 Å². The van der Waals surface area contributed by atoms with Crippen molar-refractivity contribution >= 4 is 32.6 Å². The van der Waals surface area contributed by atoms with Crippen LogP contribution in [0.25, 0.3) is 31.8 Å². The third-order valence-electron chi connectivity index (χ3n) is 4.92. The summed E-state index contributed by atoms with van der Waals surface area (Å²) >= 11 is 1.61. The highest BCUT2D eigenvalue weighted by Gasteiger charge is 2.17. The highest BCUT2D eigenvalue weighted by atomic mass is 32.1. The van der Waals surface area contributed by atoms with Crippen LogP contribution in [0.15, 0.2) is 24.4 Å². The summed E-state index contributed by atoms with van der Waals surface area (Å²) in [6.45, 7) is 6.83. The highest BCUT2D eigenvalue weighted by molar-refractivity contribution is 7.21. The lowest BCUT2D eigenvalue weighted by Gasteiger charge is -2.10. The van der Waals surface area contributed by atoms with Crippen molar-refractivity contribution in [1.29, 1.82) is 0 Å². The van der Waals surface area contributed by atoms with E-state index in [2.05, 4.69) is 24.9 Å². The largest absolute Gasteiger partial charge is 0.491 e. The Morgan fingerprint density at radius 3 is 2.62 bits per heavy atom. The molecule has 0 atom stereocenters. The zero-order chi connectivity index (χ0) is 20.5. The predicted octanol–water partition coefficient (Wildman–Crippen LogP) is 4.35. The molecule has 0 saturated heterocycles. The van der Waals surface area contributed by atoms with Crippen molar-refractivity contribution in [3.8, 4) is 16.3 Å². The minimum absolute atomic E-state index is 0.0104. The van der Waals surface area contributed by atoms with Crippen molar-refractivity contribution in [2.24, 2.45) is 0 Å². The second-order valence-electron chi connectivity index (χ2n) is 7.04. The number of nitrogens with zero attached hydrogens (tertiary/aromatic N) is 3. The van der Waals surface area contributed by atoms with Gasteiger partial charge in [-0.15, -0.1) is 11.3 Å². The average molecular weight is 410 g/mol. The molecule has 7 heteroatoms. The summed E-state index contributed by atoms with van der Waals surface area (Å²) in [7, 11) is 1.65. The van der Waals surface area contributed by atoms with Crippen LogP contribution < -0.4 is 4.74 Å². The van der Waals surface area contributed by atoms with Gasteiger partial charge in [-0.2, -0.15) is 0 Å². The number of benzene rings is 2. The highest BCUT2D eigenvalue weighted by Crippen LogP contribution is 2.38. The van der Waals surface area contributed by atoms with Gasteiger partial charge >= 0.3 is 0 Å². The van der Waals surface area contributed by atoms with Crippen LogP contribution in [0.2, 0.25) is 0 Å². The maximum absolute atomic E-state index is 9.08. The molecular formula is C22H23N3O3S. The number of aromatic nitrogens is 3. The molecule has 0 amide bonds. The van der Waals surface area contributed by atoms with Crippen molar-refractivity contribution < 1.29 is 14.6 Å². The molecule has 150 valence electrons. The molecule has 6 nitrogen and oxygen atoms in total. The van der Waals surface area contributed by atoms with Crippen LogP contribution in [-0.4, -0.2) is 40.4 Å². The average Bonchev–Trinajstić information content (AvgIpc) is 3.13. The van der Waals surface area contributed by atoms with Crippen LogP contribution in [0.3, 0.4) is 0 Å². The molecule has 4 aromatic rings. The van der Waals surface area contributed by atoms with E-state index in [0.717, 1.165) is 60.0 Å². The van der Waals surface area contributed by atoms with Gasteiger partial charge in [-0.25, -0.2) is 9.97 Å². The van der Waals surface area contributed by atoms with E-state index in [1.54, 1.807) is 24.6 Å². The number of aryl methyl sites for hydroxylation is 2. The summed E-state index contributed by atoms with van der Waals surface area (Å²) in [5.74, 6) is 0.789.